The van der Waals surface area contributed by atoms with Gasteiger partial charge in [0.1, 0.15) is 0 Å². The molecule has 1 aliphatic carbocycles. The number of urea groups is 1. The van der Waals surface area contributed by atoms with Gasteiger partial charge in [0.15, 0.2) is 0 Å². The first-order valence-corrected chi connectivity index (χ1v) is 9.07. The molecule has 0 aromatic heterocycles. The molecule has 0 radical (unpaired) electrons. The van der Waals surface area contributed by atoms with Crippen LogP contribution in [0.4, 0.5) is 4.79 Å². The Hall–Kier alpha value is -2.08. The van der Waals surface area contributed by atoms with Crippen molar-refractivity contribution in [1.29, 1.82) is 0 Å². The molecule has 25 heavy (non-hydrogen) atoms. The van der Waals surface area contributed by atoms with E-state index in [0.717, 1.165) is 31.6 Å². The molecule has 2 heterocycles. The van der Waals surface area contributed by atoms with Gasteiger partial charge in [-0.15, -0.1) is 0 Å². The lowest BCUT2D eigenvalue weighted by Crippen LogP contribution is -2.73. The smallest absolute Gasteiger partial charge is 0.335 e. The number of rotatable bonds is 4. The molecule has 2 saturated heterocycles. The van der Waals surface area contributed by atoms with Gasteiger partial charge < -0.3 is 20.1 Å². The van der Waals surface area contributed by atoms with Gasteiger partial charge >= 0.3 is 12.0 Å². The van der Waals surface area contributed by atoms with E-state index in [0.29, 0.717) is 12.0 Å². The fourth-order valence-electron chi connectivity index (χ4n) is 4.52. The summed E-state index contributed by atoms with van der Waals surface area (Å²) in [4.78, 5) is 25.5. The summed E-state index contributed by atoms with van der Waals surface area (Å²) < 4.78 is 5.89. The second-order valence-corrected chi connectivity index (χ2v) is 7.50. The first kappa shape index (κ1) is 16.4. The number of nitrogens with zero attached hydrogens (tertiary/aromatic N) is 1. The summed E-state index contributed by atoms with van der Waals surface area (Å²) >= 11 is 0. The molecule has 6 heteroatoms. The lowest BCUT2D eigenvalue weighted by molar-refractivity contribution is -0.148. The zero-order chi connectivity index (χ0) is 17.4. The van der Waals surface area contributed by atoms with E-state index in [4.69, 9.17) is 9.84 Å². The molecule has 2 unspecified atom stereocenters. The highest BCUT2D eigenvalue weighted by Crippen LogP contribution is 2.55. The molecule has 3 aliphatic rings. The van der Waals surface area contributed by atoms with E-state index in [1.807, 2.05) is 4.90 Å². The van der Waals surface area contributed by atoms with E-state index >= 15 is 0 Å². The summed E-state index contributed by atoms with van der Waals surface area (Å²) in [6.45, 7) is 2.05. The van der Waals surface area contributed by atoms with Gasteiger partial charge in [0.2, 0.25) is 0 Å². The molecule has 2 N–H and O–H groups in total. The molecule has 2 amide bonds. The highest BCUT2D eigenvalue weighted by atomic mass is 16.5. The molecule has 6 nitrogen and oxygen atoms in total. The highest BCUT2D eigenvalue weighted by molar-refractivity contribution is 5.87. The standard InChI is InChI=1S/C19H24N2O4/c22-17(23)14-6-4-13(5-7-14)11-20-18(24)21-12-19(8-2-9-19)16(21)15-3-1-10-25-15/h4-7,15-16H,1-3,8-12H2,(H,20,24)(H,22,23). The molecule has 2 aliphatic heterocycles. The van der Waals surface area contributed by atoms with Crippen molar-refractivity contribution in [2.75, 3.05) is 13.2 Å². The molecule has 1 saturated carbocycles. The van der Waals surface area contributed by atoms with Crippen molar-refractivity contribution >= 4 is 12.0 Å². The largest absolute Gasteiger partial charge is 0.478 e. The highest BCUT2D eigenvalue weighted by Gasteiger charge is 2.60. The maximum atomic E-state index is 12.6. The van der Waals surface area contributed by atoms with E-state index in [1.54, 1.807) is 24.3 Å². The predicted molar refractivity (Wildman–Crippen MR) is 91.4 cm³/mol. The maximum Gasteiger partial charge on any atom is 0.335 e. The number of carboxylic acid groups (broad SMARTS) is 1. The van der Waals surface area contributed by atoms with Crippen LogP contribution < -0.4 is 5.32 Å². The van der Waals surface area contributed by atoms with Gasteiger partial charge in [-0.2, -0.15) is 0 Å². The van der Waals surface area contributed by atoms with Crippen LogP contribution in [-0.4, -0.2) is 47.3 Å². The molecular weight excluding hydrogens is 320 g/mol. The molecule has 1 aromatic carbocycles. The van der Waals surface area contributed by atoms with Crippen molar-refractivity contribution in [2.24, 2.45) is 5.41 Å². The van der Waals surface area contributed by atoms with Crippen molar-refractivity contribution in [2.45, 2.75) is 50.8 Å². The van der Waals surface area contributed by atoms with Crippen LogP contribution in [0.2, 0.25) is 0 Å². The topological polar surface area (TPSA) is 78.9 Å². The van der Waals surface area contributed by atoms with E-state index in [2.05, 4.69) is 5.32 Å². The number of nitrogens with one attached hydrogen (secondary N) is 1. The van der Waals surface area contributed by atoms with Crippen molar-refractivity contribution in [3.05, 3.63) is 35.4 Å². The second kappa shape index (κ2) is 6.33. The number of carboxylic acids is 1. The number of aromatic carboxylic acids is 1. The Kier molecular flexibility index (Phi) is 4.15. The van der Waals surface area contributed by atoms with Crippen LogP contribution >= 0.6 is 0 Å². The van der Waals surface area contributed by atoms with Crippen LogP contribution in [0, 0.1) is 5.41 Å². The summed E-state index contributed by atoms with van der Waals surface area (Å²) in [6, 6.07) is 6.78. The molecule has 1 aromatic rings. The van der Waals surface area contributed by atoms with E-state index in [9.17, 15) is 9.59 Å². The van der Waals surface area contributed by atoms with Gasteiger partial charge in [0.05, 0.1) is 17.7 Å². The number of ether oxygens (including phenoxy) is 1. The number of carbonyl (C=O) groups is 2. The van der Waals surface area contributed by atoms with Gasteiger partial charge in [-0.05, 0) is 43.4 Å². The lowest BCUT2D eigenvalue weighted by Gasteiger charge is -2.63. The quantitative estimate of drug-likeness (QED) is 0.880. The summed E-state index contributed by atoms with van der Waals surface area (Å²) in [7, 11) is 0. The van der Waals surface area contributed by atoms with Gasteiger partial charge in [0.25, 0.3) is 0 Å². The fraction of sp³-hybridized carbons (Fsp3) is 0.579. The van der Waals surface area contributed by atoms with Crippen molar-refractivity contribution in [1.82, 2.24) is 10.2 Å². The Morgan fingerprint density at radius 3 is 2.56 bits per heavy atom. The number of carbonyl (C=O) groups excluding carboxylic acids is 1. The Morgan fingerprint density at radius 2 is 2.00 bits per heavy atom. The zero-order valence-electron chi connectivity index (χ0n) is 14.2. The third kappa shape index (κ3) is 2.88. The normalized spacial score (nSPS) is 26.8. The number of benzene rings is 1. The van der Waals surface area contributed by atoms with Crippen LogP contribution in [0.25, 0.3) is 0 Å². The van der Waals surface area contributed by atoms with Gasteiger partial charge in [0, 0.05) is 25.1 Å². The van der Waals surface area contributed by atoms with Gasteiger partial charge in [-0.1, -0.05) is 18.6 Å². The summed E-state index contributed by atoms with van der Waals surface area (Å²) in [6.07, 6.45) is 6.00. The third-order valence-electron chi connectivity index (χ3n) is 6.02. The zero-order valence-corrected chi connectivity index (χ0v) is 14.2. The fourth-order valence-corrected chi connectivity index (χ4v) is 4.52. The Labute approximate surface area is 147 Å². The monoisotopic (exact) mass is 344 g/mol. The number of hydrogen-bond donors (Lipinski definition) is 2. The Bertz CT molecular complexity index is 663. The summed E-state index contributed by atoms with van der Waals surface area (Å²) in [5.74, 6) is -0.943. The minimum Gasteiger partial charge on any atom is -0.478 e. The summed E-state index contributed by atoms with van der Waals surface area (Å²) in [5, 5.41) is 11.9. The van der Waals surface area contributed by atoms with Crippen molar-refractivity contribution in [3.8, 4) is 0 Å². The first-order chi connectivity index (χ1) is 12.1. The van der Waals surface area contributed by atoms with Crippen LogP contribution in [0.1, 0.15) is 48.0 Å². The minimum atomic E-state index is -0.943. The van der Waals surface area contributed by atoms with E-state index < -0.39 is 5.97 Å². The maximum absolute atomic E-state index is 12.6. The molecule has 134 valence electrons. The minimum absolute atomic E-state index is 0.0414. The van der Waals surface area contributed by atoms with E-state index in [-0.39, 0.29) is 23.7 Å². The Balaban J connectivity index is 1.36. The average molecular weight is 344 g/mol. The van der Waals surface area contributed by atoms with Gasteiger partial charge in [-0.25, -0.2) is 9.59 Å². The second-order valence-electron chi connectivity index (χ2n) is 7.50. The molecule has 1 spiro atoms. The predicted octanol–water partition coefficient (Wildman–Crippen LogP) is 2.63. The molecule has 3 fully saturated rings. The lowest BCUT2D eigenvalue weighted by atomic mass is 9.56. The van der Waals surface area contributed by atoms with Crippen LogP contribution in [0.5, 0.6) is 0 Å². The van der Waals surface area contributed by atoms with E-state index in [1.165, 1.54) is 19.3 Å². The number of amides is 2. The van der Waals surface area contributed by atoms with Crippen molar-refractivity contribution < 1.29 is 19.4 Å². The molecule has 4 rings (SSSR count). The van der Waals surface area contributed by atoms with Crippen molar-refractivity contribution in [3.63, 3.8) is 0 Å². The Morgan fingerprint density at radius 1 is 1.24 bits per heavy atom. The first-order valence-electron chi connectivity index (χ1n) is 9.07. The average Bonchev–Trinajstić information content (AvgIpc) is 3.04. The van der Waals surface area contributed by atoms with Crippen LogP contribution in [0.15, 0.2) is 24.3 Å². The molecule has 0 bridgehead atoms. The van der Waals surface area contributed by atoms with Crippen LogP contribution in [-0.2, 0) is 11.3 Å². The summed E-state index contributed by atoms with van der Waals surface area (Å²) in [5.41, 5.74) is 1.45. The third-order valence-corrected chi connectivity index (χ3v) is 6.02. The number of hydrogen-bond acceptors (Lipinski definition) is 3. The van der Waals surface area contributed by atoms with Crippen LogP contribution in [0.3, 0.4) is 0 Å². The number of likely N-dealkylation sites (tertiary alicyclic amines) is 1. The molecular formula is C19H24N2O4. The molecule has 2 atom stereocenters. The van der Waals surface area contributed by atoms with Gasteiger partial charge in [-0.3, -0.25) is 0 Å². The SMILES string of the molecule is O=C(O)c1ccc(CNC(=O)N2CC3(CCC3)C2C2CCCO2)cc1.